The van der Waals surface area contributed by atoms with Crippen molar-refractivity contribution in [3.8, 4) is 0 Å². The SMILES string of the molecule is C=CC(=O)OCc1cccc([N+](=O)[O-])c1[N+](=O)[O-]. The molecule has 0 aromatic heterocycles. The van der Waals surface area contributed by atoms with Crippen LogP contribution in [0.5, 0.6) is 0 Å². The van der Waals surface area contributed by atoms with Crippen LogP contribution in [0.3, 0.4) is 0 Å². The lowest BCUT2D eigenvalue weighted by molar-refractivity contribution is -0.423. The molecular weight excluding hydrogens is 244 g/mol. The Balaban J connectivity index is 3.14. The zero-order valence-corrected chi connectivity index (χ0v) is 9.07. The molecule has 0 unspecified atom stereocenters. The molecule has 0 fully saturated rings. The van der Waals surface area contributed by atoms with Gasteiger partial charge < -0.3 is 4.74 Å². The molecule has 0 aliphatic carbocycles. The molecule has 0 radical (unpaired) electrons. The summed E-state index contributed by atoms with van der Waals surface area (Å²) in [5.74, 6) is -0.768. The Bertz CT molecular complexity index is 525. The van der Waals surface area contributed by atoms with Crippen molar-refractivity contribution in [1.82, 2.24) is 0 Å². The van der Waals surface area contributed by atoms with Crippen LogP contribution < -0.4 is 0 Å². The molecule has 0 aliphatic heterocycles. The van der Waals surface area contributed by atoms with Gasteiger partial charge in [-0.05, 0) is 6.07 Å². The normalized spacial score (nSPS) is 9.56. The summed E-state index contributed by atoms with van der Waals surface area (Å²) in [5.41, 5.74) is -1.38. The number of esters is 1. The Morgan fingerprint density at radius 1 is 1.33 bits per heavy atom. The van der Waals surface area contributed by atoms with Gasteiger partial charge in [0.05, 0.1) is 15.4 Å². The van der Waals surface area contributed by atoms with E-state index >= 15 is 0 Å². The van der Waals surface area contributed by atoms with E-state index in [2.05, 4.69) is 11.3 Å². The van der Waals surface area contributed by atoms with Gasteiger partial charge in [0.2, 0.25) is 0 Å². The van der Waals surface area contributed by atoms with Crippen LogP contribution in [0.2, 0.25) is 0 Å². The third kappa shape index (κ3) is 2.88. The minimum atomic E-state index is -0.880. The Hall–Kier alpha value is -2.77. The molecule has 0 heterocycles. The average molecular weight is 252 g/mol. The molecule has 18 heavy (non-hydrogen) atoms. The quantitative estimate of drug-likeness (QED) is 0.341. The van der Waals surface area contributed by atoms with Crippen LogP contribution in [0.15, 0.2) is 30.9 Å². The molecule has 0 atom stereocenters. The van der Waals surface area contributed by atoms with E-state index in [1.165, 1.54) is 12.1 Å². The number of rotatable bonds is 5. The minimum Gasteiger partial charge on any atom is -0.457 e. The van der Waals surface area contributed by atoms with E-state index in [0.29, 0.717) is 0 Å². The lowest BCUT2D eigenvalue weighted by Crippen LogP contribution is -2.05. The van der Waals surface area contributed by atoms with Crippen LogP contribution in [-0.4, -0.2) is 15.8 Å². The highest BCUT2D eigenvalue weighted by Gasteiger charge is 2.28. The number of nitro benzene ring substituents is 2. The van der Waals surface area contributed by atoms with Crippen molar-refractivity contribution in [3.05, 3.63) is 56.6 Å². The van der Waals surface area contributed by atoms with Gasteiger partial charge in [0.1, 0.15) is 6.61 Å². The second-order valence-corrected chi connectivity index (χ2v) is 3.11. The summed E-state index contributed by atoms with van der Waals surface area (Å²) < 4.78 is 4.62. The molecule has 94 valence electrons. The van der Waals surface area contributed by atoms with Crippen molar-refractivity contribution in [2.75, 3.05) is 0 Å². The summed E-state index contributed by atoms with van der Waals surface area (Å²) in [5, 5.41) is 21.5. The fourth-order valence-electron chi connectivity index (χ4n) is 1.26. The molecule has 0 amide bonds. The van der Waals surface area contributed by atoms with E-state index in [-0.39, 0.29) is 5.56 Å². The molecule has 0 saturated carbocycles. The van der Waals surface area contributed by atoms with Crippen LogP contribution in [-0.2, 0) is 16.1 Å². The number of carbonyl (C=O) groups excluding carboxylic acids is 1. The second kappa shape index (κ2) is 5.53. The Morgan fingerprint density at radius 3 is 2.50 bits per heavy atom. The zero-order chi connectivity index (χ0) is 13.7. The lowest BCUT2D eigenvalue weighted by atomic mass is 10.1. The second-order valence-electron chi connectivity index (χ2n) is 3.11. The van der Waals surface area contributed by atoms with Gasteiger partial charge in [-0.1, -0.05) is 12.6 Å². The van der Waals surface area contributed by atoms with Crippen LogP contribution in [0, 0.1) is 20.2 Å². The van der Waals surface area contributed by atoms with Gasteiger partial charge in [-0.2, -0.15) is 0 Å². The number of nitrogens with zero attached hydrogens (tertiary/aromatic N) is 2. The molecule has 0 N–H and O–H groups in total. The van der Waals surface area contributed by atoms with Crippen LogP contribution in [0.4, 0.5) is 11.4 Å². The van der Waals surface area contributed by atoms with Gasteiger partial charge in [0.15, 0.2) is 0 Å². The predicted molar refractivity (Wildman–Crippen MR) is 59.7 cm³/mol. The Morgan fingerprint density at radius 2 is 2.00 bits per heavy atom. The van der Waals surface area contributed by atoms with Crippen molar-refractivity contribution < 1.29 is 19.4 Å². The van der Waals surface area contributed by atoms with Gasteiger partial charge in [0, 0.05) is 12.1 Å². The van der Waals surface area contributed by atoms with E-state index in [1.54, 1.807) is 0 Å². The van der Waals surface area contributed by atoms with E-state index in [1.807, 2.05) is 0 Å². The van der Waals surface area contributed by atoms with Gasteiger partial charge >= 0.3 is 17.3 Å². The van der Waals surface area contributed by atoms with Crippen molar-refractivity contribution in [2.24, 2.45) is 0 Å². The number of nitro groups is 2. The molecule has 8 heteroatoms. The number of carbonyl (C=O) groups is 1. The van der Waals surface area contributed by atoms with E-state index in [0.717, 1.165) is 12.1 Å². The number of hydrogen-bond acceptors (Lipinski definition) is 6. The highest BCUT2D eigenvalue weighted by molar-refractivity contribution is 5.81. The molecule has 1 aromatic carbocycles. The Labute approximate surface area is 101 Å². The van der Waals surface area contributed by atoms with Crippen molar-refractivity contribution in [3.63, 3.8) is 0 Å². The molecule has 0 spiro atoms. The first-order valence-corrected chi connectivity index (χ1v) is 4.67. The highest BCUT2D eigenvalue weighted by Crippen LogP contribution is 2.30. The van der Waals surface area contributed by atoms with E-state index < -0.39 is 33.8 Å². The van der Waals surface area contributed by atoms with Gasteiger partial charge in [0.25, 0.3) is 0 Å². The fraction of sp³-hybridized carbons (Fsp3) is 0.100. The largest absolute Gasteiger partial charge is 0.457 e. The summed E-state index contributed by atoms with van der Waals surface area (Å²) in [7, 11) is 0. The van der Waals surface area contributed by atoms with E-state index in [4.69, 9.17) is 0 Å². The van der Waals surface area contributed by atoms with Crippen molar-refractivity contribution in [2.45, 2.75) is 6.61 Å². The summed E-state index contributed by atoms with van der Waals surface area (Å²) in [4.78, 5) is 30.5. The third-order valence-electron chi connectivity index (χ3n) is 2.01. The predicted octanol–water partition coefficient (Wildman–Crippen LogP) is 1.73. The monoisotopic (exact) mass is 252 g/mol. The maximum absolute atomic E-state index is 10.8. The van der Waals surface area contributed by atoms with Gasteiger partial charge in [-0.15, -0.1) is 0 Å². The summed E-state index contributed by atoms with van der Waals surface area (Å²) in [6, 6.07) is 3.57. The maximum atomic E-state index is 10.8. The van der Waals surface area contributed by atoms with Crippen LogP contribution in [0.25, 0.3) is 0 Å². The smallest absolute Gasteiger partial charge is 0.352 e. The molecule has 8 nitrogen and oxygen atoms in total. The summed E-state index contributed by atoms with van der Waals surface area (Å²) in [6.07, 6.45) is 0.892. The molecule has 1 aromatic rings. The standard InChI is InChI=1S/C10H8N2O6/c1-2-9(13)18-6-7-4-3-5-8(11(14)15)10(7)12(16)17/h2-5H,1,6H2. The molecule has 0 aliphatic rings. The molecule has 0 saturated heterocycles. The van der Waals surface area contributed by atoms with Crippen LogP contribution in [0.1, 0.15) is 5.56 Å². The molecular formula is C10H8N2O6. The molecule has 1 rings (SSSR count). The molecule has 0 bridgehead atoms. The minimum absolute atomic E-state index is 0.0515. The lowest BCUT2D eigenvalue weighted by Gasteiger charge is -2.03. The third-order valence-corrected chi connectivity index (χ3v) is 2.01. The first-order chi connectivity index (χ1) is 8.47. The Kier molecular flexibility index (Phi) is 4.08. The topological polar surface area (TPSA) is 113 Å². The highest BCUT2D eigenvalue weighted by atomic mass is 16.6. The van der Waals surface area contributed by atoms with Crippen LogP contribution >= 0.6 is 0 Å². The number of ether oxygens (including phenoxy) is 1. The van der Waals surface area contributed by atoms with Crippen molar-refractivity contribution in [1.29, 1.82) is 0 Å². The fourth-order valence-corrected chi connectivity index (χ4v) is 1.26. The average Bonchev–Trinajstić information content (AvgIpc) is 2.34. The summed E-state index contributed by atoms with van der Waals surface area (Å²) >= 11 is 0. The number of hydrogen-bond donors (Lipinski definition) is 0. The summed E-state index contributed by atoms with van der Waals surface area (Å²) in [6.45, 7) is 2.73. The van der Waals surface area contributed by atoms with Crippen molar-refractivity contribution >= 4 is 17.3 Å². The zero-order valence-electron chi connectivity index (χ0n) is 9.07. The van der Waals surface area contributed by atoms with Gasteiger partial charge in [-0.25, -0.2) is 4.79 Å². The van der Waals surface area contributed by atoms with Gasteiger partial charge in [-0.3, -0.25) is 20.2 Å². The number of benzene rings is 1. The van der Waals surface area contributed by atoms with E-state index in [9.17, 15) is 25.0 Å². The maximum Gasteiger partial charge on any atom is 0.352 e. The first kappa shape index (κ1) is 13.3. The number of para-hydroxylation sites is 1. The first-order valence-electron chi connectivity index (χ1n) is 4.67.